The minimum atomic E-state index is -2.46. The molecule has 2 aromatic carbocycles. The lowest BCUT2D eigenvalue weighted by Gasteiger charge is -2.14. The summed E-state index contributed by atoms with van der Waals surface area (Å²) in [6.07, 6.45) is 1.45. The Morgan fingerprint density at radius 2 is 1.77 bits per heavy atom. The molecule has 0 amide bonds. The lowest BCUT2D eigenvalue weighted by atomic mass is 9.96. The van der Waals surface area contributed by atoms with Crippen LogP contribution in [0.3, 0.4) is 0 Å². The molecule has 35 heavy (non-hydrogen) atoms. The van der Waals surface area contributed by atoms with Crippen molar-refractivity contribution in [2.45, 2.75) is 31.1 Å². The number of anilines is 2. The minimum absolute atomic E-state index is 0.0107. The second-order valence-corrected chi connectivity index (χ2v) is 10.2. The molecule has 12 heteroatoms. The number of hydrogen-bond donors (Lipinski definition) is 3. The number of H-pyrrole nitrogens is 1. The Hall–Kier alpha value is -3.44. The van der Waals surface area contributed by atoms with Crippen molar-refractivity contribution in [1.82, 2.24) is 19.9 Å². The van der Waals surface area contributed by atoms with Crippen LogP contribution in [0.25, 0.3) is 22.6 Å². The van der Waals surface area contributed by atoms with Crippen LogP contribution >= 0.6 is 11.6 Å². The number of nitrogen functional groups attached to an aromatic ring is 1. The number of nitrogens with zero attached hydrogens (tertiary/aromatic N) is 3. The molecule has 0 radical (unpaired) electrons. The zero-order valence-corrected chi connectivity index (χ0v) is 20.4. The fraction of sp³-hybridized carbons (Fsp3) is 0.174. The van der Waals surface area contributed by atoms with Gasteiger partial charge in [-0.15, -0.1) is 0 Å². The Balaban J connectivity index is 1.86. The molecule has 4 rings (SSSR count). The maximum Gasteiger partial charge on any atom is 0.220 e. The van der Waals surface area contributed by atoms with Gasteiger partial charge >= 0.3 is 0 Å². The number of benzene rings is 2. The SMILES string of the molecule is CC(C)(C)c1nc(-c2cc(Cl)cc(NS(=O)c3c(F)cccc3F)c2F)c(-c2ccnc(N)n2)[nH]1. The first kappa shape index (κ1) is 24.7. The summed E-state index contributed by atoms with van der Waals surface area (Å²) in [4.78, 5) is 15.1. The Kier molecular flexibility index (Phi) is 6.56. The van der Waals surface area contributed by atoms with Crippen LogP contribution in [0.4, 0.5) is 24.8 Å². The third kappa shape index (κ3) is 5.01. The van der Waals surface area contributed by atoms with Gasteiger partial charge in [-0.25, -0.2) is 32.3 Å². The van der Waals surface area contributed by atoms with E-state index in [1.54, 1.807) is 6.07 Å². The topological polar surface area (TPSA) is 110 Å². The van der Waals surface area contributed by atoms with E-state index in [9.17, 15) is 13.0 Å². The van der Waals surface area contributed by atoms with Crippen LogP contribution in [0.2, 0.25) is 5.02 Å². The molecule has 1 atom stereocenters. The number of rotatable bonds is 5. The van der Waals surface area contributed by atoms with Crippen molar-refractivity contribution in [2.24, 2.45) is 0 Å². The summed E-state index contributed by atoms with van der Waals surface area (Å²) in [5.41, 5.74) is 5.80. The summed E-state index contributed by atoms with van der Waals surface area (Å²) in [6.45, 7) is 5.75. The molecule has 2 heterocycles. The minimum Gasteiger partial charge on any atom is -0.368 e. The quantitative estimate of drug-likeness (QED) is 0.316. The highest BCUT2D eigenvalue weighted by Gasteiger charge is 2.26. The Bertz CT molecular complexity index is 1430. The van der Waals surface area contributed by atoms with Gasteiger partial charge in [0.25, 0.3) is 0 Å². The third-order valence-corrected chi connectivity index (χ3v) is 6.33. The van der Waals surface area contributed by atoms with Gasteiger partial charge < -0.3 is 10.7 Å². The van der Waals surface area contributed by atoms with Crippen LogP contribution in [0, 0.1) is 17.5 Å². The molecule has 2 aromatic heterocycles. The van der Waals surface area contributed by atoms with Crippen LogP contribution in [0.15, 0.2) is 47.5 Å². The average Bonchev–Trinajstić information content (AvgIpc) is 3.22. The van der Waals surface area contributed by atoms with Crippen LogP contribution in [0.1, 0.15) is 26.6 Å². The fourth-order valence-electron chi connectivity index (χ4n) is 3.27. The van der Waals surface area contributed by atoms with Gasteiger partial charge in [0.15, 0.2) is 16.8 Å². The maximum absolute atomic E-state index is 15.7. The Morgan fingerprint density at radius 1 is 1.09 bits per heavy atom. The van der Waals surface area contributed by atoms with E-state index < -0.39 is 38.7 Å². The molecule has 0 spiro atoms. The molecule has 4 N–H and O–H groups in total. The van der Waals surface area contributed by atoms with Crippen molar-refractivity contribution in [1.29, 1.82) is 0 Å². The van der Waals surface area contributed by atoms with Gasteiger partial charge in [-0.05, 0) is 30.3 Å². The number of nitrogens with two attached hydrogens (primary N) is 1. The van der Waals surface area contributed by atoms with E-state index in [4.69, 9.17) is 17.3 Å². The maximum atomic E-state index is 15.7. The molecule has 0 aliphatic heterocycles. The largest absolute Gasteiger partial charge is 0.368 e. The molecule has 1 unspecified atom stereocenters. The number of nitrogens with one attached hydrogen (secondary N) is 2. The molecule has 0 bridgehead atoms. The highest BCUT2D eigenvalue weighted by Crippen LogP contribution is 2.38. The molecule has 4 aromatic rings. The second-order valence-electron chi connectivity index (χ2n) is 8.60. The molecule has 0 fully saturated rings. The summed E-state index contributed by atoms with van der Waals surface area (Å²) in [6, 6.07) is 7.12. The molecule has 0 saturated carbocycles. The predicted molar refractivity (Wildman–Crippen MR) is 130 cm³/mol. The van der Waals surface area contributed by atoms with Gasteiger partial charge in [-0.3, -0.25) is 4.72 Å². The van der Waals surface area contributed by atoms with Gasteiger partial charge in [0, 0.05) is 22.2 Å². The summed E-state index contributed by atoms with van der Waals surface area (Å²) >= 11 is 6.25. The van der Waals surface area contributed by atoms with E-state index in [0.717, 1.165) is 24.3 Å². The van der Waals surface area contributed by atoms with E-state index in [2.05, 4.69) is 24.7 Å². The summed E-state index contributed by atoms with van der Waals surface area (Å²) < 4.78 is 58.9. The standard InChI is InChI=1S/C23H20ClF3N6OS/c1-23(2,3)21-31-18(19(32-21)15-7-8-29-22(28)30-15)12-9-11(24)10-16(17(12)27)33-35(34)20-13(25)5-4-6-14(20)26/h4-10,33H,1-3H3,(H,31,32)(H2,28,29,30). The number of aromatic nitrogens is 4. The van der Waals surface area contributed by atoms with E-state index in [1.807, 2.05) is 20.8 Å². The van der Waals surface area contributed by atoms with Crippen molar-refractivity contribution in [3.63, 3.8) is 0 Å². The van der Waals surface area contributed by atoms with Gasteiger partial charge in [0.1, 0.15) is 28.0 Å². The highest BCUT2D eigenvalue weighted by molar-refractivity contribution is 7.86. The second kappa shape index (κ2) is 9.31. The third-order valence-electron chi connectivity index (χ3n) is 4.94. The Labute approximate surface area is 206 Å². The van der Waals surface area contributed by atoms with Crippen molar-refractivity contribution < 1.29 is 17.4 Å². The highest BCUT2D eigenvalue weighted by atomic mass is 35.5. The molecular formula is C23H20ClF3N6OS. The van der Waals surface area contributed by atoms with E-state index in [1.165, 1.54) is 12.3 Å². The predicted octanol–water partition coefficient (Wildman–Crippen LogP) is 5.62. The van der Waals surface area contributed by atoms with Crippen molar-refractivity contribution >= 4 is 34.2 Å². The van der Waals surface area contributed by atoms with Gasteiger partial charge in [-0.1, -0.05) is 38.4 Å². The molecule has 7 nitrogen and oxygen atoms in total. The van der Waals surface area contributed by atoms with E-state index in [0.29, 0.717) is 17.2 Å². The molecule has 182 valence electrons. The van der Waals surface area contributed by atoms with Crippen LogP contribution in [-0.4, -0.2) is 24.1 Å². The van der Waals surface area contributed by atoms with Crippen LogP contribution in [0.5, 0.6) is 0 Å². The number of aromatic amines is 1. The van der Waals surface area contributed by atoms with Crippen LogP contribution in [-0.2, 0) is 16.4 Å². The van der Waals surface area contributed by atoms with Crippen molar-refractivity contribution in [3.05, 3.63) is 70.9 Å². The molecule has 0 aliphatic carbocycles. The van der Waals surface area contributed by atoms with Gasteiger partial charge in [0.2, 0.25) is 5.95 Å². The first-order valence-corrected chi connectivity index (χ1v) is 11.8. The summed E-state index contributed by atoms with van der Waals surface area (Å²) in [5.74, 6) is -2.41. The normalized spacial score (nSPS) is 12.5. The monoisotopic (exact) mass is 520 g/mol. The molecule has 0 aliphatic rings. The van der Waals surface area contributed by atoms with Gasteiger partial charge in [-0.2, -0.15) is 0 Å². The summed E-state index contributed by atoms with van der Waals surface area (Å²) in [7, 11) is -2.46. The molecular weight excluding hydrogens is 501 g/mol. The molecule has 0 saturated heterocycles. The number of imidazole rings is 1. The van der Waals surface area contributed by atoms with Crippen molar-refractivity contribution in [3.8, 4) is 22.6 Å². The summed E-state index contributed by atoms with van der Waals surface area (Å²) in [5, 5.41) is 0.0726. The van der Waals surface area contributed by atoms with Crippen molar-refractivity contribution in [2.75, 3.05) is 10.5 Å². The first-order valence-electron chi connectivity index (χ1n) is 10.3. The van der Waals surface area contributed by atoms with E-state index in [-0.39, 0.29) is 27.9 Å². The zero-order valence-electron chi connectivity index (χ0n) is 18.8. The fourth-order valence-corrected chi connectivity index (χ4v) is 4.43. The van der Waals surface area contributed by atoms with Crippen LogP contribution < -0.4 is 10.5 Å². The number of halogens is 4. The smallest absolute Gasteiger partial charge is 0.220 e. The lowest BCUT2D eigenvalue weighted by Crippen LogP contribution is -2.13. The average molecular weight is 521 g/mol. The number of hydrogen-bond acceptors (Lipinski definition) is 5. The first-order chi connectivity index (χ1) is 16.5. The van der Waals surface area contributed by atoms with Gasteiger partial charge in [0.05, 0.1) is 17.1 Å². The zero-order chi connectivity index (χ0) is 25.5. The van der Waals surface area contributed by atoms with E-state index >= 15 is 4.39 Å². The lowest BCUT2D eigenvalue weighted by molar-refractivity contribution is 0.535. The Morgan fingerprint density at radius 3 is 2.40 bits per heavy atom.